The molecule has 3 rings (SSSR count). The second-order valence-electron chi connectivity index (χ2n) is 6.33. The zero-order chi connectivity index (χ0) is 14.8. The van der Waals surface area contributed by atoms with Crippen LogP contribution in [0.1, 0.15) is 44.1 Å². The van der Waals surface area contributed by atoms with E-state index in [1.54, 1.807) is 6.07 Å². The lowest BCUT2D eigenvalue weighted by Crippen LogP contribution is -2.52. The van der Waals surface area contributed by atoms with Crippen molar-refractivity contribution in [3.63, 3.8) is 0 Å². The highest BCUT2D eigenvalue weighted by molar-refractivity contribution is 9.10. The molecule has 1 aromatic carbocycles. The summed E-state index contributed by atoms with van der Waals surface area (Å²) in [7, 11) is 0. The van der Waals surface area contributed by atoms with Crippen molar-refractivity contribution >= 4 is 21.7 Å². The van der Waals surface area contributed by atoms with Crippen LogP contribution < -0.4 is 5.32 Å². The highest BCUT2D eigenvalue weighted by atomic mass is 79.9. The number of halogens is 2. The van der Waals surface area contributed by atoms with Crippen LogP contribution in [0.3, 0.4) is 0 Å². The molecule has 114 valence electrons. The second-order valence-corrected chi connectivity index (χ2v) is 7.18. The quantitative estimate of drug-likeness (QED) is 0.889. The predicted octanol–water partition coefficient (Wildman–Crippen LogP) is 4.01. The van der Waals surface area contributed by atoms with E-state index in [-0.39, 0.29) is 17.6 Å². The molecular weight excluding hydrogens is 333 g/mol. The van der Waals surface area contributed by atoms with Crippen molar-refractivity contribution in [3.8, 4) is 0 Å². The van der Waals surface area contributed by atoms with Gasteiger partial charge in [-0.3, -0.25) is 4.79 Å². The monoisotopic (exact) mass is 353 g/mol. The van der Waals surface area contributed by atoms with Crippen LogP contribution in [0.5, 0.6) is 0 Å². The molecule has 1 N–H and O–H groups in total. The minimum absolute atomic E-state index is 0.0266. The Hall–Kier alpha value is -0.740. The van der Waals surface area contributed by atoms with Crippen LogP contribution in [0, 0.1) is 11.7 Å². The first-order valence-corrected chi connectivity index (χ1v) is 8.65. The van der Waals surface area contributed by atoms with Crippen molar-refractivity contribution < 1.29 is 9.18 Å². The summed E-state index contributed by atoms with van der Waals surface area (Å²) in [6.45, 7) is 0. The molecule has 1 aliphatic carbocycles. The Kier molecular flexibility index (Phi) is 4.75. The van der Waals surface area contributed by atoms with Gasteiger partial charge in [0.25, 0.3) is 0 Å². The minimum atomic E-state index is -0.279. The number of benzene rings is 1. The highest BCUT2D eigenvalue weighted by Gasteiger charge is 2.34. The summed E-state index contributed by atoms with van der Waals surface area (Å²) >= 11 is 3.34. The number of carbonyl (C=O) groups excluding carboxylic acids is 1. The van der Waals surface area contributed by atoms with Crippen LogP contribution in [-0.4, -0.2) is 17.9 Å². The predicted molar refractivity (Wildman–Crippen MR) is 84.7 cm³/mol. The first-order chi connectivity index (χ1) is 10.1. The summed E-state index contributed by atoms with van der Waals surface area (Å²) < 4.78 is 13.8. The van der Waals surface area contributed by atoms with Crippen LogP contribution in [-0.2, 0) is 11.2 Å². The summed E-state index contributed by atoms with van der Waals surface area (Å²) in [5, 5.41) is 3.57. The van der Waals surface area contributed by atoms with Gasteiger partial charge < -0.3 is 5.32 Å². The second kappa shape index (κ2) is 6.57. The first kappa shape index (κ1) is 15.2. The third-order valence-electron chi connectivity index (χ3n) is 4.92. The SMILES string of the molecule is O=C(Cc1ccc(F)cc1Br)C1CCC2CCCCC2N1. The van der Waals surface area contributed by atoms with Crippen molar-refractivity contribution in [1.29, 1.82) is 0 Å². The Labute approximate surface area is 133 Å². The van der Waals surface area contributed by atoms with Crippen LogP contribution in [0.2, 0.25) is 0 Å². The number of rotatable bonds is 3. The highest BCUT2D eigenvalue weighted by Crippen LogP contribution is 2.32. The summed E-state index contributed by atoms with van der Waals surface area (Å²) in [4.78, 5) is 12.5. The lowest BCUT2D eigenvalue weighted by molar-refractivity contribution is -0.121. The largest absolute Gasteiger partial charge is 0.304 e. The third kappa shape index (κ3) is 3.54. The maximum absolute atomic E-state index is 13.1. The van der Waals surface area contributed by atoms with E-state index in [2.05, 4.69) is 21.2 Å². The molecular formula is C17H21BrFNO. The van der Waals surface area contributed by atoms with E-state index in [9.17, 15) is 9.18 Å². The standard InChI is InChI=1S/C17H21BrFNO/c18-14-10-13(19)7-5-12(14)9-17(21)16-8-6-11-3-1-2-4-15(11)20-16/h5,7,10-11,15-16,20H,1-4,6,8-9H2. The number of fused-ring (bicyclic) bond motifs is 1. The molecule has 1 heterocycles. The number of ketones is 1. The fraction of sp³-hybridized carbons (Fsp3) is 0.588. The van der Waals surface area contributed by atoms with E-state index in [1.807, 2.05) is 0 Å². The van der Waals surface area contributed by atoms with E-state index in [0.717, 1.165) is 17.9 Å². The molecule has 21 heavy (non-hydrogen) atoms. The molecule has 2 aliphatic rings. The summed E-state index contributed by atoms with van der Waals surface area (Å²) in [5.41, 5.74) is 0.869. The number of piperidine rings is 1. The minimum Gasteiger partial charge on any atom is -0.304 e. The fourth-order valence-electron chi connectivity index (χ4n) is 3.72. The third-order valence-corrected chi connectivity index (χ3v) is 5.66. The van der Waals surface area contributed by atoms with Gasteiger partial charge in [0, 0.05) is 16.9 Å². The molecule has 1 saturated carbocycles. The van der Waals surface area contributed by atoms with Gasteiger partial charge in [0.1, 0.15) is 5.82 Å². The number of carbonyl (C=O) groups is 1. The van der Waals surface area contributed by atoms with E-state index in [1.165, 1.54) is 44.2 Å². The fourth-order valence-corrected chi connectivity index (χ4v) is 4.22. The summed E-state index contributed by atoms with van der Waals surface area (Å²) in [5.74, 6) is 0.714. The maximum Gasteiger partial charge on any atom is 0.154 e. The lowest BCUT2D eigenvalue weighted by Gasteiger charge is -2.40. The van der Waals surface area contributed by atoms with Gasteiger partial charge in [0.05, 0.1) is 6.04 Å². The van der Waals surface area contributed by atoms with Gasteiger partial charge in [-0.2, -0.15) is 0 Å². The van der Waals surface area contributed by atoms with Gasteiger partial charge in [-0.1, -0.05) is 34.8 Å². The molecule has 2 fully saturated rings. The van der Waals surface area contributed by atoms with Gasteiger partial charge in [0.2, 0.25) is 0 Å². The molecule has 0 aromatic heterocycles. The van der Waals surface area contributed by atoms with Crippen molar-refractivity contribution in [2.75, 3.05) is 0 Å². The van der Waals surface area contributed by atoms with Crippen LogP contribution in [0.15, 0.2) is 22.7 Å². The van der Waals surface area contributed by atoms with Crippen LogP contribution in [0.4, 0.5) is 4.39 Å². The van der Waals surface area contributed by atoms with Crippen molar-refractivity contribution in [2.24, 2.45) is 5.92 Å². The molecule has 0 amide bonds. The average molecular weight is 354 g/mol. The van der Waals surface area contributed by atoms with Gasteiger partial charge in [-0.15, -0.1) is 0 Å². The van der Waals surface area contributed by atoms with Crippen LogP contribution in [0.25, 0.3) is 0 Å². The zero-order valence-electron chi connectivity index (χ0n) is 12.1. The van der Waals surface area contributed by atoms with Crippen molar-refractivity contribution in [2.45, 2.75) is 57.0 Å². The van der Waals surface area contributed by atoms with Crippen molar-refractivity contribution in [1.82, 2.24) is 5.32 Å². The van der Waals surface area contributed by atoms with Gasteiger partial charge >= 0.3 is 0 Å². The zero-order valence-corrected chi connectivity index (χ0v) is 13.7. The Morgan fingerprint density at radius 1 is 1.24 bits per heavy atom. The molecule has 4 heteroatoms. The van der Waals surface area contributed by atoms with Gasteiger partial charge in [0.15, 0.2) is 5.78 Å². The first-order valence-electron chi connectivity index (χ1n) is 7.86. The number of Topliss-reactive ketones (excluding diaryl/α,β-unsaturated/α-hetero) is 1. The van der Waals surface area contributed by atoms with E-state index in [0.29, 0.717) is 16.9 Å². The van der Waals surface area contributed by atoms with Crippen molar-refractivity contribution in [3.05, 3.63) is 34.1 Å². The molecule has 3 atom stereocenters. The number of hydrogen-bond donors (Lipinski definition) is 1. The Morgan fingerprint density at radius 2 is 2.05 bits per heavy atom. The van der Waals surface area contributed by atoms with E-state index >= 15 is 0 Å². The molecule has 0 radical (unpaired) electrons. The van der Waals surface area contributed by atoms with E-state index < -0.39 is 0 Å². The lowest BCUT2D eigenvalue weighted by atomic mass is 9.77. The molecule has 0 bridgehead atoms. The Balaban J connectivity index is 1.63. The molecule has 1 aromatic rings. The molecule has 0 spiro atoms. The smallest absolute Gasteiger partial charge is 0.154 e. The maximum atomic E-state index is 13.1. The molecule has 3 unspecified atom stereocenters. The Morgan fingerprint density at radius 3 is 2.86 bits per heavy atom. The number of nitrogens with one attached hydrogen (secondary N) is 1. The van der Waals surface area contributed by atoms with Gasteiger partial charge in [-0.25, -0.2) is 4.39 Å². The normalized spacial score (nSPS) is 29.0. The van der Waals surface area contributed by atoms with Crippen LogP contribution >= 0.6 is 15.9 Å². The van der Waals surface area contributed by atoms with Gasteiger partial charge in [-0.05, 0) is 49.3 Å². The molecule has 1 aliphatic heterocycles. The van der Waals surface area contributed by atoms with E-state index in [4.69, 9.17) is 0 Å². The summed E-state index contributed by atoms with van der Waals surface area (Å²) in [6, 6.07) is 5.04. The Bertz CT molecular complexity index is 534. The topological polar surface area (TPSA) is 29.1 Å². The average Bonchev–Trinajstić information content (AvgIpc) is 2.49. The summed E-state index contributed by atoms with van der Waals surface area (Å²) in [6.07, 6.45) is 7.60. The molecule has 1 saturated heterocycles. The molecule has 2 nitrogen and oxygen atoms in total. The number of hydrogen-bond acceptors (Lipinski definition) is 2.